The minimum absolute atomic E-state index is 0.0141. The Morgan fingerprint density at radius 2 is 1.70 bits per heavy atom. The fourth-order valence-corrected chi connectivity index (χ4v) is 5.54. The Balaban J connectivity index is 1.51. The van der Waals surface area contributed by atoms with E-state index in [1.165, 1.54) is 4.90 Å². The normalized spacial score (nSPS) is 18.4. The largest absolute Gasteiger partial charge is 0.466 e. The van der Waals surface area contributed by atoms with Crippen molar-refractivity contribution >= 4 is 35.4 Å². The topological polar surface area (TPSA) is 156 Å². The molecule has 4 amide bonds. The van der Waals surface area contributed by atoms with Crippen LogP contribution in [0, 0.1) is 5.92 Å². The van der Waals surface area contributed by atoms with Gasteiger partial charge in [-0.3, -0.25) is 34.6 Å². The second-order valence-electron chi connectivity index (χ2n) is 12.3. The summed E-state index contributed by atoms with van der Waals surface area (Å²) in [5.74, 6) is -4.84. The van der Waals surface area contributed by atoms with Gasteiger partial charge in [0.25, 0.3) is 17.7 Å². The number of nitrogens with two attached hydrogens (primary N) is 1. The van der Waals surface area contributed by atoms with Gasteiger partial charge in [-0.25, -0.2) is 4.79 Å². The molecule has 43 heavy (non-hydrogen) atoms. The first kappa shape index (κ1) is 31.6. The number of amides is 4. The second-order valence-corrected chi connectivity index (χ2v) is 12.3. The minimum atomic E-state index is -2.04. The van der Waals surface area contributed by atoms with Crippen molar-refractivity contribution in [3.05, 3.63) is 70.3 Å². The van der Waals surface area contributed by atoms with Gasteiger partial charge in [-0.2, -0.15) is 0 Å². The van der Waals surface area contributed by atoms with Crippen LogP contribution >= 0.6 is 0 Å². The van der Waals surface area contributed by atoms with Gasteiger partial charge in [-0.05, 0) is 34.6 Å². The first-order valence-electron chi connectivity index (χ1n) is 14.2. The molecule has 1 fully saturated rings. The van der Waals surface area contributed by atoms with Gasteiger partial charge in [0.15, 0.2) is 5.66 Å². The summed E-state index contributed by atoms with van der Waals surface area (Å²) in [6.07, 6.45) is -0.0290. The predicted octanol–water partition coefficient (Wildman–Crippen LogP) is 2.44. The lowest BCUT2D eigenvalue weighted by Crippen LogP contribution is -2.72. The van der Waals surface area contributed by atoms with Crippen LogP contribution in [0.2, 0.25) is 0 Å². The average Bonchev–Trinajstić information content (AvgIpc) is 3.30. The highest BCUT2D eigenvalue weighted by Gasteiger charge is 2.55. The van der Waals surface area contributed by atoms with Gasteiger partial charge in [0.2, 0.25) is 11.7 Å². The number of benzene rings is 2. The highest BCUT2D eigenvalue weighted by atomic mass is 16.5. The Morgan fingerprint density at radius 3 is 2.28 bits per heavy atom. The molecule has 0 aliphatic carbocycles. The number of esters is 1. The number of fused-ring (bicyclic) bond motifs is 1. The molecule has 2 aromatic rings. The molecular formula is C32H38N4O7. The van der Waals surface area contributed by atoms with Crippen LogP contribution in [-0.2, 0) is 42.4 Å². The third kappa shape index (κ3) is 5.69. The van der Waals surface area contributed by atoms with E-state index in [4.69, 9.17) is 10.5 Å². The molecule has 1 unspecified atom stereocenters. The number of Topliss-reactive ketones (excluding diaryl/α,β-unsaturated/α-hetero) is 1. The number of likely N-dealkylation sites (tertiary alicyclic amines) is 1. The van der Waals surface area contributed by atoms with Gasteiger partial charge in [0.1, 0.15) is 6.04 Å². The summed E-state index contributed by atoms with van der Waals surface area (Å²) in [6.45, 7) is 9.39. The van der Waals surface area contributed by atoms with E-state index in [0.717, 1.165) is 17.6 Å². The number of ether oxygens (including phenoxy) is 1. The quantitative estimate of drug-likeness (QED) is 0.206. The van der Waals surface area contributed by atoms with Crippen LogP contribution < -0.4 is 11.1 Å². The molecule has 1 saturated heterocycles. The lowest BCUT2D eigenvalue weighted by Gasteiger charge is -2.44. The molecule has 0 aromatic heterocycles. The van der Waals surface area contributed by atoms with Crippen LogP contribution in [0.4, 0.5) is 0 Å². The standard InChI is InChI=1S/C32H38N4O7/c1-18(2)32(33,30(42)43-6)36-25(37)15-14-24(29(36)41)35-17-23-20(8-7-9-22(23)28(35)40)16-34-27(39)26(38)19-10-12-21(13-11-19)31(3,4)5/h7-13,18,24H,14-17,33H2,1-6H3,(H,34,39)/t24?,32-/m1/s1. The lowest BCUT2D eigenvalue weighted by molar-refractivity contribution is -0.176. The molecule has 2 atom stereocenters. The van der Waals surface area contributed by atoms with Crippen LogP contribution in [0.5, 0.6) is 0 Å². The van der Waals surface area contributed by atoms with E-state index in [-0.39, 0.29) is 36.9 Å². The van der Waals surface area contributed by atoms with Crippen molar-refractivity contribution < 1.29 is 33.5 Å². The number of nitrogens with one attached hydrogen (secondary N) is 1. The Bertz CT molecular complexity index is 1490. The molecule has 2 heterocycles. The van der Waals surface area contributed by atoms with Crippen LogP contribution in [-0.4, -0.2) is 64.0 Å². The van der Waals surface area contributed by atoms with Crippen LogP contribution in [0.25, 0.3) is 0 Å². The van der Waals surface area contributed by atoms with Crippen molar-refractivity contribution in [1.29, 1.82) is 0 Å². The zero-order valence-electron chi connectivity index (χ0n) is 25.4. The summed E-state index contributed by atoms with van der Waals surface area (Å²) in [4.78, 5) is 80.4. The van der Waals surface area contributed by atoms with E-state index < -0.39 is 53.0 Å². The van der Waals surface area contributed by atoms with Gasteiger partial charge in [-0.15, -0.1) is 0 Å². The number of carbonyl (C=O) groups is 6. The smallest absolute Gasteiger partial charge is 0.347 e. The summed E-state index contributed by atoms with van der Waals surface area (Å²) < 4.78 is 4.84. The van der Waals surface area contributed by atoms with Crippen molar-refractivity contribution in [2.75, 3.05) is 7.11 Å². The molecule has 3 N–H and O–H groups in total. The Kier molecular flexibility index (Phi) is 8.60. The summed E-state index contributed by atoms with van der Waals surface area (Å²) >= 11 is 0. The Hall–Kier alpha value is -4.38. The maximum atomic E-state index is 13.7. The molecule has 0 bridgehead atoms. The van der Waals surface area contributed by atoms with Crippen molar-refractivity contribution in [2.24, 2.45) is 11.7 Å². The number of methoxy groups -OCH3 is 1. The third-order valence-corrected chi connectivity index (χ3v) is 8.28. The van der Waals surface area contributed by atoms with E-state index in [0.29, 0.717) is 16.7 Å². The molecule has 0 radical (unpaired) electrons. The summed E-state index contributed by atoms with van der Waals surface area (Å²) in [6, 6.07) is 10.9. The zero-order chi connectivity index (χ0) is 31.9. The van der Waals surface area contributed by atoms with E-state index in [9.17, 15) is 28.8 Å². The SMILES string of the molecule is COC(=O)[C@@](N)(C(C)C)N1C(=O)CCC(N2Cc3c(CNC(=O)C(=O)c4ccc(C(C)(C)C)cc4)cccc3C2=O)C1=O. The summed E-state index contributed by atoms with van der Waals surface area (Å²) in [5.41, 5.74) is 7.09. The van der Waals surface area contributed by atoms with Crippen LogP contribution in [0.15, 0.2) is 42.5 Å². The summed E-state index contributed by atoms with van der Waals surface area (Å²) in [7, 11) is 1.12. The Morgan fingerprint density at radius 1 is 1.05 bits per heavy atom. The summed E-state index contributed by atoms with van der Waals surface area (Å²) in [5, 5.41) is 2.65. The van der Waals surface area contributed by atoms with Crippen LogP contribution in [0.1, 0.15) is 84.9 Å². The molecule has 11 nitrogen and oxygen atoms in total. The maximum absolute atomic E-state index is 13.7. The van der Waals surface area contributed by atoms with Crippen molar-refractivity contribution in [1.82, 2.24) is 15.1 Å². The van der Waals surface area contributed by atoms with Gasteiger partial charge < -0.3 is 15.0 Å². The lowest BCUT2D eigenvalue weighted by atomic mass is 9.86. The second kappa shape index (κ2) is 11.7. The predicted molar refractivity (Wildman–Crippen MR) is 156 cm³/mol. The molecule has 11 heteroatoms. The molecular weight excluding hydrogens is 552 g/mol. The van der Waals surface area contributed by atoms with Gasteiger partial charge in [0.05, 0.1) is 7.11 Å². The fraction of sp³-hybridized carbons (Fsp3) is 0.438. The number of carbonyl (C=O) groups excluding carboxylic acids is 6. The van der Waals surface area contributed by atoms with E-state index >= 15 is 0 Å². The highest BCUT2D eigenvalue weighted by molar-refractivity contribution is 6.42. The molecule has 228 valence electrons. The van der Waals surface area contributed by atoms with E-state index in [1.54, 1.807) is 44.2 Å². The average molecular weight is 591 g/mol. The first-order valence-corrected chi connectivity index (χ1v) is 14.2. The molecule has 0 saturated carbocycles. The minimum Gasteiger partial charge on any atom is -0.466 e. The number of nitrogens with zero attached hydrogens (tertiary/aromatic N) is 2. The molecule has 2 aromatic carbocycles. The van der Waals surface area contributed by atoms with Gasteiger partial charge in [0, 0.05) is 36.6 Å². The molecule has 0 spiro atoms. The zero-order valence-corrected chi connectivity index (χ0v) is 25.4. The first-order chi connectivity index (χ1) is 20.1. The van der Waals surface area contributed by atoms with Gasteiger partial charge in [-0.1, -0.05) is 71.0 Å². The molecule has 4 rings (SSSR count). The van der Waals surface area contributed by atoms with Crippen molar-refractivity contribution in [2.45, 2.75) is 77.7 Å². The fourth-order valence-electron chi connectivity index (χ4n) is 5.54. The van der Waals surface area contributed by atoms with Crippen LogP contribution in [0.3, 0.4) is 0 Å². The number of hydrogen-bond donors (Lipinski definition) is 2. The van der Waals surface area contributed by atoms with E-state index in [2.05, 4.69) is 26.1 Å². The van der Waals surface area contributed by atoms with E-state index in [1.807, 2.05) is 12.1 Å². The third-order valence-electron chi connectivity index (χ3n) is 8.28. The number of piperidine rings is 1. The highest BCUT2D eigenvalue weighted by Crippen LogP contribution is 2.34. The monoisotopic (exact) mass is 590 g/mol. The van der Waals surface area contributed by atoms with Gasteiger partial charge >= 0.3 is 5.97 Å². The number of rotatable bonds is 8. The number of imide groups is 1. The number of ketones is 1. The molecule has 2 aliphatic rings. The number of hydrogen-bond acceptors (Lipinski definition) is 8. The Labute approximate surface area is 250 Å². The van der Waals surface area contributed by atoms with Crippen molar-refractivity contribution in [3.63, 3.8) is 0 Å². The van der Waals surface area contributed by atoms with Crippen molar-refractivity contribution in [3.8, 4) is 0 Å². The maximum Gasteiger partial charge on any atom is 0.347 e. The molecule has 2 aliphatic heterocycles.